The van der Waals surface area contributed by atoms with E-state index in [1.54, 1.807) is 22.9 Å². The third-order valence-corrected chi connectivity index (χ3v) is 5.83. The number of benzene rings is 2. The smallest absolute Gasteiger partial charge is 0.226 e. The highest BCUT2D eigenvalue weighted by atomic mass is 16.5. The molecule has 1 aromatic heterocycles. The molecule has 2 heterocycles. The number of amides is 1. The van der Waals surface area contributed by atoms with Gasteiger partial charge in [-0.15, -0.1) is 0 Å². The van der Waals surface area contributed by atoms with Gasteiger partial charge in [0.1, 0.15) is 22.9 Å². The zero-order valence-corrected chi connectivity index (χ0v) is 18.3. The van der Waals surface area contributed by atoms with Gasteiger partial charge in [-0.2, -0.15) is 5.10 Å². The fraction of sp³-hybridized carbons (Fsp3) is 0.292. The Hall–Kier alpha value is -3.61. The van der Waals surface area contributed by atoms with Crippen molar-refractivity contribution in [2.24, 2.45) is 0 Å². The van der Waals surface area contributed by atoms with E-state index in [0.717, 1.165) is 16.8 Å². The number of anilines is 1. The molecule has 1 N–H and O–H groups in total. The lowest BCUT2D eigenvalue weighted by molar-refractivity contribution is -0.116. The molecule has 1 amide bonds. The molecule has 0 fully saturated rings. The molecule has 1 aliphatic heterocycles. The van der Waals surface area contributed by atoms with E-state index < -0.39 is 5.92 Å². The summed E-state index contributed by atoms with van der Waals surface area (Å²) in [7, 11) is 3.02. The van der Waals surface area contributed by atoms with Crippen molar-refractivity contribution >= 4 is 17.5 Å². The first-order chi connectivity index (χ1) is 14.8. The van der Waals surface area contributed by atoms with E-state index >= 15 is 0 Å². The monoisotopic (exact) mass is 419 g/mol. The van der Waals surface area contributed by atoms with E-state index in [2.05, 4.69) is 10.4 Å². The number of nitrogens with one attached hydrogen (secondary N) is 1. The fourth-order valence-corrected chi connectivity index (χ4v) is 4.08. The van der Waals surface area contributed by atoms with Crippen LogP contribution < -0.4 is 14.8 Å². The van der Waals surface area contributed by atoms with Crippen molar-refractivity contribution in [1.82, 2.24) is 9.78 Å². The number of carbonyl (C=O) groups excluding carboxylic acids is 2. The second-order valence-electron chi connectivity index (χ2n) is 7.73. The van der Waals surface area contributed by atoms with E-state index in [1.165, 1.54) is 19.8 Å². The molecular weight excluding hydrogens is 394 g/mol. The summed E-state index contributed by atoms with van der Waals surface area (Å²) in [6.45, 7) is 5.92. The number of Topliss-reactive ketones (excluding diaryl/α,β-unsaturated/α-hetero) is 1. The zero-order chi connectivity index (χ0) is 22.3. The summed E-state index contributed by atoms with van der Waals surface area (Å²) in [5.41, 5.74) is 4.86. The molecule has 31 heavy (non-hydrogen) atoms. The first-order valence-corrected chi connectivity index (χ1v) is 10.1. The number of methoxy groups -OCH3 is 2. The molecule has 0 spiro atoms. The highest BCUT2D eigenvalue weighted by molar-refractivity contribution is 6.10. The number of rotatable bonds is 5. The molecule has 0 radical (unpaired) electrons. The normalized spacial score (nSPS) is 15.3. The van der Waals surface area contributed by atoms with Crippen molar-refractivity contribution < 1.29 is 19.1 Å². The van der Waals surface area contributed by atoms with Gasteiger partial charge in [-0.25, -0.2) is 4.68 Å². The number of ether oxygens (including phenoxy) is 2. The summed E-state index contributed by atoms with van der Waals surface area (Å²) in [5, 5.41) is 7.59. The Kier molecular flexibility index (Phi) is 5.27. The molecule has 0 saturated carbocycles. The molecule has 1 aliphatic rings. The van der Waals surface area contributed by atoms with Gasteiger partial charge in [-0.3, -0.25) is 9.59 Å². The Labute approximate surface area is 181 Å². The van der Waals surface area contributed by atoms with Gasteiger partial charge in [0.2, 0.25) is 5.91 Å². The summed E-state index contributed by atoms with van der Waals surface area (Å²) >= 11 is 0. The van der Waals surface area contributed by atoms with Crippen LogP contribution in [0.5, 0.6) is 11.5 Å². The number of ketones is 1. The van der Waals surface area contributed by atoms with Crippen LogP contribution in [-0.2, 0) is 4.79 Å². The molecule has 160 valence electrons. The largest absolute Gasteiger partial charge is 0.496 e. The predicted molar refractivity (Wildman–Crippen MR) is 118 cm³/mol. The Morgan fingerprint density at radius 2 is 1.74 bits per heavy atom. The first-order valence-electron chi connectivity index (χ1n) is 10.1. The number of carbonyl (C=O) groups is 2. The molecule has 0 bridgehead atoms. The second-order valence-corrected chi connectivity index (χ2v) is 7.73. The first kappa shape index (κ1) is 20.7. The highest BCUT2D eigenvalue weighted by Gasteiger charge is 2.38. The van der Waals surface area contributed by atoms with Gasteiger partial charge in [0.25, 0.3) is 0 Å². The van der Waals surface area contributed by atoms with Gasteiger partial charge in [-0.05, 0) is 56.2 Å². The van der Waals surface area contributed by atoms with E-state index in [9.17, 15) is 9.59 Å². The average Bonchev–Trinajstić information content (AvgIpc) is 3.10. The van der Waals surface area contributed by atoms with Crippen molar-refractivity contribution in [2.75, 3.05) is 19.5 Å². The van der Waals surface area contributed by atoms with Crippen LogP contribution in [0.4, 0.5) is 5.82 Å². The molecule has 4 rings (SSSR count). The standard InChI is InChI=1S/C24H25N3O4/c1-13-9-10-16(11-14(13)2)27-24-21(15(3)26-27)17(12-20(28)25-24)23(29)22-18(30-4)7-6-8-19(22)31-5/h6-11,17H,12H2,1-5H3,(H,25,28). The van der Waals surface area contributed by atoms with Crippen LogP contribution in [0.3, 0.4) is 0 Å². The van der Waals surface area contributed by atoms with Crippen LogP contribution in [0, 0.1) is 20.8 Å². The third kappa shape index (κ3) is 3.46. The SMILES string of the molecule is COc1cccc(OC)c1C(=O)C1CC(=O)Nc2c1c(C)nn2-c1ccc(C)c(C)c1. The maximum atomic E-state index is 13.7. The molecule has 7 nitrogen and oxygen atoms in total. The van der Waals surface area contributed by atoms with Gasteiger partial charge in [0.15, 0.2) is 5.78 Å². The number of aromatic nitrogens is 2. The number of hydrogen-bond donors (Lipinski definition) is 1. The van der Waals surface area contributed by atoms with Crippen LogP contribution in [0.25, 0.3) is 5.69 Å². The fourth-order valence-electron chi connectivity index (χ4n) is 4.08. The van der Waals surface area contributed by atoms with Gasteiger partial charge in [-0.1, -0.05) is 12.1 Å². The third-order valence-electron chi connectivity index (χ3n) is 5.83. The Balaban J connectivity index is 1.86. The van der Waals surface area contributed by atoms with Gasteiger partial charge in [0, 0.05) is 12.0 Å². The minimum Gasteiger partial charge on any atom is -0.496 e. The average molecular weight is 419 g/mol. The number of hydrogen-bond acceptors (Lipinski definition) is 5. The highest BCUT2D eigenvalue weighted by Crippen LogP contribution is 2.41. The molecular formula is C24H25N3O4. The van der Waals surface area contributed by atoms with Crippen LogP contribution in [0.1, 0.15) is 45.1 Å². The van der Waals surface area contributed by atoms with Crippen LogP contribution in [0.2, 0.25) is 0 Å². The van der Waals surface area contributed by atoms with E-state index in [1.807, 2.05) is 39.0 Å². The molecule has 1 unspecified atom stereocenters. The van der Waals surface area contributed by atoms with Crippen molar-refractivity contribution in [3.05, 3.63) is 64.3 Å². The lowest BCUT2D eigenvalue weighted by Gasteiger charge is -2.24. The molecule has 1 atom stereocenters. The van der Waals surface area contributed by atoms with E-state index in [-0.39, 0.29) is 18.1 Å². The summed E-state index contributed by atoms with van der Waals surface area (Å²) in [5.74, 6) is 0.212. The number of aryl methyl sites for hydroxylation is 3. The van der Waals surface area contributed by atoms with E-state index in [0.29, 0.717) is 28.6 Å². The quantitative estimate of drug-likeness (QED) is 0.629. The number of nitrogens with zero attached hydrogens (tertiary/aromatic N) is 2. The topological polar surface area (TPSA) is 82.4 Å². The van der Waals surface area contributed by atoms with Crippen LogP contribution >= 0.6 is 0 Å². The summed E-state index contributed by atoms with van der Waals surface area (Å²) < 4.78 is 12.5. The van der Waals surface area contributed by atoms with Gasteiger partial charge < -0.3 is 14.8 Å². The van der Waals surface area contributed by atoms with E-state index in [4.69, 9.17) is 9.47 Å². The van der Waals surface area contributed by atoms with Crippen LogP contribution in [-0.4, -0.2) is 35.7 Å². The maximum Gasteiger partial charge on any atom is 0.226 e. The minimum atomic E-state index is -0.686. The second kappa shape index (κ2) is 7.91. The Bertz CT molecular complexity index is 1170. The molecule has 0 aliphatic carbocycles. The summed E-state index contributed by atoms with van der Waals surface area (Å²) in [6.07, 6.45) is 0.0342. The van der Waals surface area contributed by atoms with Gasteiger partial charge >= 0.3 is 0 Å². The summed E-state index contributed by atoms with van der Waals surface area (Å²) in [6, 6.07) is 11.2. The van der Waals surface area contributed by atoms with Crippen molar-refractivity contribution in [1.29, 1.82) is 0 Å². The minimum absolute atomic E-state index is 0.0342. The predicted octanol–water partition coefficient (Wildman–Crippen LogP) is 4.12. The van der Waals surface area contributed by atoms with Crippen molar-refractivity contribution in [2.45, 2.75) is 33.1 Å². The maximum absolute atomic E-state index is 13.7. The van der Waals surface area contributed by atoms with Gasteiger partial charge in [0.05, 0.1) is 31.5 Å². The van der Waals surface area contributed by atoms with Crippen LogP contribution in [0.15, 0.2) is 36.4 Å². The Morgan fingerprint density at radius 3 is 2.35 bits per heavy atom. The Morgan fingerprint density at radius 1 is 1.06 bits per heavy atom. The summed E-state index contributed by atoms with van der Waals surface area (Å²) in [4.78, 5) is 26.3. The lowest BCUT2D eigenvalue weighted by atomic mass is 9.85. The molecule has 3 aromatic rings. The molecule has 0 saturated heterocycles. The lowest BCUT2D eigenvalue weighted by Crippen LogP contribution is -2.29. The molecule has 7 heteroatoms. The zero-order valence-electron chi connectivity index (χ0n) is 18.3. The van der Waals surface area contributed by atoms with Crippen molar-refractivity contribution in [3.63, 3.8) is 0 Å². The number of fused-ring (bicyclic) bond motifs is 1. The molecule has 2 aromatic carbocycles. The van der Waals surface area contributed by atoms with Crippen molar-refractivity contribution in [3.8, 4) is 17.2 Å².